The average Bonchev–Trinajstić information content (AvgIpc) is 0.898. The molecule has 5 unspecified atom stereocenters. The maximum absolute atomic E-state index is 13.1. The topological polar surface area (TPSA) is 237 Å². The molecule has 0 aliphatic heterocycles. The summed E-state index contributed by atoms with van der Waals surface area (Å²) in [6.07, 6.45) is 109. The van der Waals surface area contributed by atoms with Gasteiger partial charge in [-0.3, -0.25) is 37.3 Å². The minimum atomic E-state index is -5.03. The summed E-state index contributed by atoms with van der Waals surface area (Å²) in [6.45, 7) is 4.10. The second-order valence-corrected chi connectivity index (χ2v) is 28.7. The zero-order valence-electron chi connectivity index (χ0n) is 68.2. The van der Waals surface area contributed by atoms with E-state index in [2.05, 4.69) is 240 Å². The molecule has 5 atom stereocenters. The lowest BCUT2D eigenvalue weighted by atomic mass is 10.1. The van der Waals surface area contributed by atoms with Crippen LogP contribution in [0.2, 0.25) is 0 Å². The Morgan fingerprint density at radius 2 is 0.455 bits per heavy atom. The highest BCUT2D eigenvalue weighted by Gasteiger charge is 2.30. The summed E-state index contributed by atoms with van der Waals surface area (Å²) in [4.78, 5) is 73.1. The molecule has 17 nitrogen and oxygen atoms in total. The van der Waals surface area contributed by atoms with Gasteiger partial charge >= 0.3 is 39.5 Å². The fourth-order valence-corrected chi connectivity index (χ4v) is 11.0. The van der Waals surface area contributed by atoms with E-state index in [4.69, 9.17) is 37.0 Å². The first-order valence-corrected chi connectivity index (χ1v) is 43.9. The van der Waals surface area contributed by atoms with Crippen molar-refractivity contribution in [1.29, 1.82) is 0 Å². The first-order valence-electron chi connectivity index (χ1n) is 40.9. The van der Waals surface area contributed by atoms with Gasteiger partial charge in [-0.1, -0.05) is 289 Å². The lowest BCUT2D eigenvalue weighted by Crippen LogP contribution is -2.30. The van der Waals surface area contributed by atoms with Gasteiger partial charge in [0.15, 0.2) is 12.2 Å². The molecular formula is C93H140O17P2. The minimum absolute atomic E-state index is 0.0119. The number of aliphatic hydroxyl groups excluding tert-OH is 1. The van der Waals surface area contributed by atoms with Gasteiger partial charge in [0.2, 0.25) is 0 Å². The maximum Gasteiger partial charge on any atom is 0.472 e. The largest absolute Gasteiger partial charge is 0.472 e. The molecule has 0 aliphatic carbocycles. The van der Waals surface area contributed by atoms with E-state index in [9.17, 15) is 43.2 Å². The van der Waals surface area contributed by atoms with E-state index in [1.807, 2.05) is 42.5 Å². The highest BCUT2D eigenvalue weighted by atomic mass is 31.2. The number of hydrogen-bond acceptors (Lipinski definition) is 15. The molecule has 3 N–H and O–H groups in total. The fourth-order valence-electron chi connectivity index (χ4n) is 9.46. The van der Waals surface area contributed by atoms with Crippen molar-refractivity contribution in [2.45, 2.75) is 264 Å². The summed E-state index contributed by atoms with van der Waals surface area (Å²) >= 11 is 0. The van der Waals surface area contributed by atoms with E-state index in [-0.39, 0.29) is 25.7 Å². The van der Waals surface area contributed by atoms with Crippen molar-refractivity contribution in [3.8, 4) is 0 Å². The van der Waals surface area contributed by atoms with E-state index < -0.39 is 97.5 Å². The molecule has 0 rings (SSSR count). The Bertz CT molecular complexity index is 3140. The summed E-state index contributed by atoms with van der Waals surface area (Å²) in [7, 11) is -10.1. The number of unbranched alkanes of at least 4 members (excludes halogenated alkanes) is 5. The van der Waals surface area contributed by atoms with Crippen LogP contribution in [0.4, 0.5) is 0 Å². The van der Waals surface area contributed by atoms with Gasteiger partial charge in [-0.05, 0) is 186 Å². The zero-order chi connectivity index (χ0) is 81.7. The van der Waals surface area contributed by atoms with Crippen LogP contribution in [0, 0.1) is 0 Å². The van der Waals surface area contributed by atoms with Gasteiger partial charge in [0.05, 0.1) is 26.4 Å². The molecule has 624 valence electrons. The molecule has 0 bridgehead atoms. The van der Waals surface area contributed by atoms with E-state index in [1.54, 1.807) is 0 Å². The van der Waals surface area contributed by atoms with Crippen molar-refractivity contribution in [3.63, 3.8) is 0 Å². The fraction of sp³-hybridized carbons (Fsp3) is 0.505. The molecule has 0 amide bonds. The average molecular weight is 1590 g/mol. The van der Waals surface area contributed by atoms with Crippen LogP contribution < -0.4 is 0 Å². The van der Waals surface area contributed by atoms with Gasteiger partial charge in [-0.15, -0.1) is 0 Å². The van der Waals surface area contributed by atoms with Gasteiger partial charge in [0.25, 0.3) is 0 Å². The number of aliphatic hydroxyl groups is 1. The number of allylic oxidation sites excluding steroid dienone is 42. The normalized spacial score (nSPS) is 15.1. The van der Waals surface area contributed by atoms with Crippen molar-refractivity contribution in [1.82, 2.24) is 0 Å². The summed E-state index contributed by atoms with van der Waals surface area (Å²) in [6, 6.07) is 0. The minimum Gasteiger partial charge on any atom is -0.462 e. The Kier molecular flexibility index (Phi) is 76.2. The first-order chi connectivity index (χ1) is 54.7. The molecule has 19 heteroatoms. The number of ether oxygens (including phenoxy) is 4. The number of phosphoric ester groups is 2. The van der Waals surface area contributed by atoms with Crippen LogP contribution in [-0.2, 0) is 65.4 Å². The molecule has 0 fully saturated rings. The molecule has 0 saturated carbocycles. The van der Waals surface area contributed by atoms with Crippen molar-refractivity contribution in [2.24, 2.45) is 0 Å². The van der Waals surface area contributed by atoms with Gasteiger partial charge in [-0.25, -0.2) is 9.13 Å². The molecule has 0 radical (unpaired) electrons. The van der Waals surface area contributed by atoms with Crippen molar-refractivity contribution in [2.75, 3.05) is 39.6 Å². The number of carbonyl (C=O) groups excluding carboxylic acids is 4. The Hall–Kier alpha value is -7.40. The summed E-state index contributed by atoms with van der Waals surface area (Å²) in [5.41, 5.74) is 0. The van der Waals surface area contributed by atoms with Gasteiger partial charge in [-0.2, -0.15) is 0 Å². The van der Waals surface area contributed by atoms with Crippen molar-refractivity contribution < 1.29 is 80.2 Å². The molecule has 0 aromatic heterocycles. The third-order valence-corrected chi connectivity index (χ3v) is 17.4. The molecule has 0 spiro atoms. The van der Waals surface area contributed by atoms with Crippen LogP contribution >= 0.6 is 15.6 Å². The SMILES string of the molecule is CC/C=C\C/C=C\C/C=C\C/C=C\C/C=C\C/C=C\CCC(=O)OCC(COP(=O)(O)OCC(O)COP(=O)(O)OCC(COC(=O)CC/C=C\C/C=C\C/C=C\C/C=C\C/C=C\C/C=C\CC)OC(=O)CCCCC/C=C\C/C=C\C/C=C\C/C=C\C/C=C\CC)OC(=O)CCCC/C=C\C/C=C\C/C=C\C/C=C\CC. The number of phosphoric acid groups is 2. The van der Waals surface area contributed by atoms with Gasteiger partial charge in [0.1, 0.15) is 19.3 Å². The van der Waals surface area contributed by atoms with Crippen LogP contribution in [0.1, 0.15) is 246 Å². The number of hydrogen-bond donors (Lipinski definition) is 3. The Morgan fingerprint density at radius 1 is 0.250 bits per heavy atom. The number of rotatable bonds is 73. The first kappa shape index (κ1) is 105. The summed E-state index contributed by atoms with van der Waals surface area (Å²) < 4.78 is 68.5. The van der Waals surface area contributed by atoms with Crippen LogP contribution in [0.5, 0.6) is 0 Å². The van der Waals surface area contributed by atoms with Crippen molar-refractivity contribution >= 4 is 39.5 Å². The summed E-state index contributed by atoms with van der Waals surface area (Å²) in [5.74, 6) is -2.50. The van der Waals surface area contributed by atoms with Crippen LogP contribution in [0.15, 0.2) is 255 Å². The number of carbonyl (C=O) groups is 4. The molecule has 0 saturated heterocycles. The maximum atomic E-state index is 13.1. The third kappa shape index (κ3) is 80.6. The van der Waals surface area contributed by atoms with E-state index >= 15 is 0 Å². The third-order valence-electron chi connectivity index (χ3n) is 15.5. The predicted molar refractivity (Wildman–Crippen MR) is 463 cm³/mol. The Morgan fingerprint density at radius 3 is 0.705 bits per heavy atom. The molecule has 112 heavy (non-hydrogen) atoms. The number of esters is 4. The van der Waals surface area contributed by atoms with Crippen LogP contribution in [0.25, 0.3) is 0 Å². The second-order valence-electron chi connectivity index (χ2n) is 25.8. The van der Waals surface area contributed by atoms with E-state index in [0.29, 0.717) is 44.9 Å². The highest BCUT2D eigenvalue weighted by molar-refractivity contribution is 7.47. The van der Waals surface area contributed by atoms with Gasteiger partial charge in [0, 0.05) is 25.7 Å². The molecule has 0 aromatic rings. The smallest absolute Gasteiger partial charge is 0.462 e. The van der Waals surface area contributed by atoms with Crippen LogP contribution in [-0.4, -0.2) is 96.7 Å². The lowest BCUT2D eigenvalue weighted by molar-refractivity contribution is -0.161. The molecule has 0 heterocycles. The zero-order valence-corrected chi connectivity index (χ0v) is 70.0. The molecule has 0 aliphatic rings. The monoisotopic (exact) mass is 1590 g/mol. The van der Waals surface area contributed by atoms with E-state index in [0.717, 1.165) is 148 Å². The second kappa shape index (κ2) is 81.6. The quantitative estimate of drug-likeness (QED) is 0.0169. The summed E-state index contributed by atoms with van der Waals surface area (Å²) in [5, 5.41) is 10.7. The lowest BCUT2D eigenvalue weighted by Gasteiger charge is -2.21. The Balaban J connectivity index is 5.62. The van der Waals surface area contributed by atoms with E-state index in [1.165, 1.54) is 0 Å². The molecular weight excluding hydrogens is 1450 g/mol. The Labute approximate surface area is 675 Å². The standard InChI is InChI=1S/C93H140O17P2/c1-5-9-13-17-21-25-29-33-37-40-43-46-50-53-57-61-65-69-73-77-90(95)103-83-88(109-92(97)79-75-71-67-63-59-55-49-36-32-28-24-20-16-12-8-4)85-107-111(99,100)105-81-87(94)82-106-112(101,102)108-86-89(110-93(98)80-76-72-68-64-60-56-52-48-45-42-39-35-31-27-23-19-15-11-7-3)84-104-91(96)78-74-70-66-62-58-54-51-47-44-41-38-34-30-26-22-18-14-10-6-2/h9-16,21-28,33-39,43-49,53-54,56-60,63,65-66,69-70,87-89,94H,5-8,17-20,29-32,40-42,50-52,55,61-62,64,67-68,71-86H2,1-4H3,(H,99,100)(H,101,102)/b13-9-,14-10-,15-11-,16-12-,25-21-,26-22-,27-23-,28-24-,37-33-,38-34-,39-35-,46-43-,47-44-,48-45-,49-36-,57-53-,58-54-,60-56-,63-59-,69-65-,70-66-. The van der Waals surface area contributed by atoms with Gasteiger partial charge < -0.3 is 33.8 Å². The van der Waals surface area contributed by atoms with Crippen LogP contribution in [0.3, 0.4) is 0 Å². The van der Waals surface area contributed by atoms with Crippen molar-refractivity contribution in [3.05, 3.63) is 255 Å². The highest BCUT2D eigenvalue weighted by Crippen LogP contribution is 2.45. The predicted octanol–water partition coefficient (Wildman–Crippen LogP) is 24.5. The molecule has 0 aromatic carbocycles.